The van der Waals surface area contributed by atoms with E-state index in [-0.39, 0.29) is 17.9 Å². The Balaban J connectivity index is 1.58. The molecule has 6 nitrogen and oxygen atoms in total. The maximum absolute atomic E-state index is 12.5. The van der Waals surface area contributed by atoms with E-state index in [1.165, 1.54) is 0 Å². The first kappa shape index (κ1) is 16.7. The quantitative estimate of drug-likeness (QED) is 0.923. The van der Waals surface area contributed by atoms with Gasteiger partial charge in [0.25, 0.3) is 0 Å². The maximum Gasteiger partial charge on any atom is 0.409 e. The van der Waals surface area contributed by atoms with Crippen LogP contribution in [-0.4, -0.2) is 41.6 Å². The lowest BCUT2D eigenvalue weighted by Crippen LogP contribution is -2.41. The Morgan fingerprint density at radius 1 is 1.38 bits per heavy atom. The lowest BCUT2D eigenvalue weighted by atomic mass is 9.96. The Bertz CT molecular complexity index is 751. The van der Waals surface area contributed by atoms with Gasteiger partial charge < -0.3 is 15.0 Å². The highest BCUT2D eigenvalue weighted by molar-refractivity contribution is 7.18. The van der Waals surface area contributed by atoms with Crippen molar-refractivity contribution in [2.24, 2.45) is 5.92 Å². The zero-order chi connectivity index (χ0) is 17.1. The normalized spacial score (nSPS) is 15.5. The Labute approximate surface area is 144 Å². The van der Waals surface area contributed by atoms with Crippen LogP contribution in [0.1, 0.15) is 24.8 Å². The largest absolute Gasteiger partial charge is 0.450 e. The molecule has 0 spiro atoms. The molecule has 0 saturated carbocycles. The second-order valence-corrected chi connectivity index (χ2v) is 7.10. The highest BCUT2D eigenvalue weighted by Crippen LogP contribution is 2.26. The molecule has 2 heterocycles. The zero-order valence-electron chi connectivity index (χ0n) is 13.9. The van der Waals surface area contributed by atoms with Crippen molar-refractivity contribution in [1.82, 2.24) is 9.88 Å². The van der Waals surface area contributed by atoms with E-state index in [1.54, 1.807) is 23.2 Å². The van der Waals surface area contributed by atoms with Gasteiger partial charge in [0.15, 0.2) is 0 Å². The molecule has 2 aromatic rings. The van der Waals surface area contributed by atoms with E-state index in [1.807, 2.05) is 25.1 Å². The van der Waals surface area contributed by atoms with Gasteiger partial charge in [-0.05, 0) is 44.9 Å². The Morgan fingerprint density at radius 2 is 2.12 bits per heavy atom. The third-order valence-corrected chi connectivity index (χ3v) is 5.09. The van der Waals surface area contributed by atoms with E-state index in [0.717, 1.165) is 20.9 Å². The van der Waals surface area contributed by atoms with Crippen LogP contribution in [0.3, 0.4) is 0 Å². The van der Waals surface area contributed by atoms with Crippen molar-refractivity contribution < 1.29 is 14.3 Å². The van der Waals surface area contributed by atoms with Gasteiger partial charge in [-0.2, -0.15) is 0 Å². The summed E-state index contributed by atoms with van der Waals surface area (Å²) in [5.74, 6) is -0.0614. The van der Waals surface area contributed by atoms with Crippen molar-refractivity contribution in [3.05, 3.63) is 23.2 Å². The van der Waals surface area contributed by atoms with Crippen molar-refractivity contribution in [2.75, 3.05) is 25.0 Å². The molecule has 0 aliphatic carbocycles. The number of nitrogens with one attached hydrogen (secondary N) is 1. The van der Waals surface area contributed by atoms with Gasteiger partial charge in [-0.15, -0.1) is 11.3 Å². The molecule has 0 radical (unpaired) electrons. The number of carbonyl (C=O) groups excluding carboxylic acids is 2. The fourth-order valence-corrected chi connectivity index (χ4v) is 3.77. The van der Waals surface area contributed by atoms with Crippen LogP contribution in [-0.2, 0) is 9.53 Å². The van der Waals surface area contributed by atoms with E-state index in [9.17, 15) is 9.59 Å². The van der Waals surface area contributed by atoms with E-state index in [4.69, 9.17) is 4.74 Å². The number of hydrogen-bond acceptors (Lipinski definition) is 5. The van der Waals surface area contributed by atoms with Crippen LogP contribution in [0.2, 0.25) is 0 Å². The summed E-state index contributed by atoms with van der Waals surface area (Å²) >= 11 is 1.62. The average Bonchev–Trinajstić information content (AvgIpc) is 2.94. The number of amides is 2. The standard InChI is InChI=1S/C17H21N3O3S/c1-3-23-17(22)20-8-6-12(7-9-20)16(21)19-13-4-5-14-15(10-13)24-11(2)18-14/h4-5,10,12H,3,6-9H2,1-2H3,(H,19,21). The first-order valence-electron chi connectivity index (χ1n) is 8.16. The van der Waals surface area contributed by atoms with Gasteiger partial charge >= 0.3 is 6.09 Å². The number of thiazole rings is 1. The Morgan fingerprint density at radius 3 is 2.83 bits per heavy atom. The lowest BCUT2D eigenvalue weighted by Gasteiger charge is -2.30. The third kappa shape index (κ3) is 3.67. The number of nitrogens with zero attached hydrogens (tertiary/aromatic N) is 2. The fourth-order valence-electron chi connectivity index (χ4n) is 2.90. The van der Waals surface area contributed by atoms with Gasteiger partial charge in [0.2, 0.25) is 5.91 Å². The number of hydrogen-bond donors (Lipinski definition) is 1. The number of ether oxygens (including phenoxy) is 1. The monoisotopic (exact) mass is 347 g/mol. The van der Waals surface area contributed by atoms with Crippen LogP contribution in [0.15, 0.2) is 18.2 Å². The molecule has 0 bridgehead atoms. The van der Waals surface area contributed by atoms with Crippen molar-refractivity contribution in [1.29, 1.82) is 0 Å². The SMILES string of the molecule is CCOC(=O)N1CCC(C(=O)Nc2ccc3nc(C)sc3c2)CC1. The highest BCUT2D eigenvalue weighted by atomic mass is 32.1. The average molecular weight is 347 g/mol. The minimum absolute atomic E-state index is 0.0131. The number of aromatic nitrogens is 1. The summed E-state index contributed by atoms with van der Waals surface area (Å²) < 4.78 is 6.07. The number of likely N-dealkylation sites (tertiary alicyclic amines) is 1. The van der Waals surface area contributed by atoms with Gasteiger partial charge in [-0.25, -0.2) is 9.78 Å². The summed E-state index contributed by atoms with van der Waals surface area (Å²) in [6.07, 6.45) is 1.03. The molecule has 1 aliphatic rings. The molecular weight excluding hydrogens is 326 g/mol. The summed E-state index contributed by atoms with van der Waals surface area (Å²) in [6, 6.07) is 5.77. The predicted molar refractivity (Wildman–Crippen MR) is 94.3 cm³/mol. The fraction of sp³-hybridized carbons (Fsp3) is 0.471. The summed E-state index contributed by atoms with van der Waals surface area (Å²) in [5.41, 5.74) is 1.75. The van der Waals surface area contributed by atoms with E-state index in [2.05, 4.69) is 10.3 Å². The van der Waals surface area contributed by atoms with Crippen LogP contribution < -0.4 is 5.32 Å². The second-order valence-electron chi connectivity index (χ2n) is 5.86. The Kier molecular flexibility index (Phi) is 4.99. The topological polar surface area (TPSA) is 71.5 Å². The summed E-state index contributed by atoms with van der Waals surface area (Å²) in [5, 5.41) is 4.00. The first-order chi connectivity index (χ1) is 11.6. The number of piperidine rings is 1. The van der Waals surface area contributed by atoms with Crippen LogP contribution in [0.5, 0.6) is 0 Å². The molecule has 1 aromatic carbocycles. The molecule has 3 rings (SSSR count). The van der Waals surface area contributed by atoms with Crippen molar-refractivity contribution in [3.8, 4) is 0 Å². The number of carbonyl (C=O) groups is 2. The Hall–Kier alpha value is -2.15. The van der Waals surface area contributed by atoms with Gasteiger partial charge in [0.05, 0.1) is 21.8 Å². The van der Waals surface area contributed by atoms with E-state index >= 15 is 0 Å². The number of fused-ring (bicyclic) bond motifs is 1. The molecule has 1 N–H and O–H groups in total. The van der Waals surface area contributed by atoms with Crippen molar-refractivity contribution >= 4 is 39.2 Å². The predicted octanol–water partition coefficient (Wildman–Crippen LogP) is 3.41. The van der Waals surface area contributed by atoms with E-state index < -0.39 is 0 Å². The molecule has 128 valence electrons. The van der Waals surface area contributed by atoms with Gasteiger partial charge in [-0.3, -0.25) is 4.79 Å². The first-order valence-corrected chi connectivity index (χ1v) is 8.98. The smallest absolute Gasteiger partial charge is 0.409 e. The lowest BCUT2D eigenvalue weighted by molar-refractivity contribution is -0.121. The van der Waals surface area contributed by atoms with Gasteiger partial charge in [0, 0.05) is 24.7 Å². The molecule has 1 aromatic heterocycles. The minimum atomic E-state index is -0.289. The summed E-state index contributed by atoms with van der Waals surface area (Å²) in [4.78, 5) is 30.2. The molecule has 7 heteroatoms. The highest BCUT2D eigenvalue weighted by Gasteiger charge is 2.28. The van der Waals surface area contributed by atoms with Crippen LogP contribution in [0.25, 0.3) is 10.2 Å². The number of rotatable bonds is 3. The molecule has 1 fully saturated rings. The molecule has 24 heavy (non-hydrogen) atoms. The summed E-state index contributed by atoms with van der Waals surface area (Å²) in [6.45, 7) is 5.26. The van der Waals surface area contributed by atoms with Crippen molar-refractivity contribution in [3.63, 3.8) is 0 Å². The third-order valence-electron chi connectivity index (χ3n) is 4.15. The second kappa shape index (κ2) is 7.17. The van der Waals surface area contributed by atoms with Gasteiger partial charge in [0.1, 0.15) is 0 Å². The molecular formula is C17H21N3O3S. The zero-order valence-corrected chi connectivity index (χ0v) is 14.7. The molecule has 2 amide bonds. The van der Waals surface area contributed by atoms with Crippen LogP contribution in [0, 0.1) is 12.8 Å². The van der Waals surface area contributed by atoms with Crippen LogP contribution >= 0.6 is 11.3 Å². The van der Waals surface area contributed by atoms with Crippen molar-refractivity contribution in [2.45, 2.75) is 26.7 Å². The molecule has 0 unspecified atom stereocenters. The molecule has 1 aliphatic heterocycles. The summed E-state index contributed by atoms with van der Waals surface area (Å²) in [7, 11) is 0. The number of benzene rings is 1. The maximum atomic E-state index is 12.5. The molecule has 0 atom stereocenters. The van der Waals surface area contributed by atoms with E-state index in [0.29, 0.717) is 32.5 Å². The number of aryl methyl sites for hydroxylation is 1. The minimum Gasteiger partial charge on any atom is -0.450 e. The number of anilines is 1. The van der Waals surface area contributed by atoms with Gasteiger partial charge in [-0.1, -0.05) is 0 Å². The van der Waals surface area contributed by atoms with Crippen LogP contribution in [0.4, 0.5) is 10.5 Å². The molecule has 1 saturated heterocycles.